The Balaban J connectivity index is 1.55. The van der Waals surface area contributed by atoms with Crippen LogP contribution in [-0.2, 0) is 24.3 Å². The summed E-state index contributed by atoms with van der Waals surface area (Å²) in [5.74, 6) is -0.644. The van der Waals surface area contributed by atoms with Gasteiger partial charge in [-0.3, -0.25) is 10.1 Å². The van der Waals surface area contributed by atoms with Gasteiger partial charge in [-0.1, -0.05) is 60.7 Å². The highest BCUT2D eigenvalue weighted by atomic mass is 32.1. The number of hydrogen-bond acceptors (Lipinski definition) is 8. The van der Waals surface area contributed by atoms with E-state index < -0.39 is 11.0 Å². The van der Waals surface area contributed by atoms with E-state index in [9.17, 15) is 20.0 Å². The Morgan fingerprint density at radius 3 is 2.27 bits per heavy atom. The van der Waals surface area contributed by atoms with Gasteiger partial charge >= 0.3 is 0 Å². The average Bonchev–Trinajstić information content (AvgIpc) is 3.23. The predicted octanol–water partition coefficient (Wildman–Crippen LogP) is 5.37. The summed E-state index contributed by atoms with van der Waals surface area (Å²) in [4.78, 5) is 35.1. The molecule has 0 bridgehead atoms. The van der Waals surface area contributed by atoms with E-state index in [1.807, 2.05) is 60.7 Å². The van der Waals surface area contributed by atoms with Gasteiger partial charge in [0.05, 0.1) is 11.3 Å². The number of aromatic hydroxyl groups is 1. The van der Waals surface area contributed by atoms with Gasteiger partial charge in [0.25, 0.3) is 11.0 Å². The topological polar surface area (TPSA) is 118 Å². The van der Waals surface area contributed by atoms with E-state index >= 15 is 0 Å². The van der Waals surface area contributed by atoms with Crippen LogP contribution in [0.3, 0.4) is 0 Å². The van der Waals surface area contributed by atoms with Crippen molar-refractivity contribution in [3.05, 3.63) is 116 Å². The summed E-state index contributed by atoms with van der Waals surface area (Å²) in [6, 6.07) is 25.0. The van der Waals surface area contributed by atoms with Gasteiger partial charge in [0.15, 0.2) is 5.13 Å². The predicted molar refractivity (Wildman–Crippen MR) is 142 cm³/mol. The van der Waals surface area contributed by atoms with E-state index in [1.54, 1.807) is 19.1 Å². The minimum absolute atomic E-state index is 0.0923. The van der Waals surface area contributed by atoms with Gasteiger partial charge in [-0.05, 0) is 36.2 Å². The number of hydrogen-bond donors (Lipinski definition) is 2. The Bertz CT molecular complexity index is 1320. The fraction of sp³-hybridized carbons (Fsp3) is 0.185. The van der Waals surface area contributed by atoms with Crippen LogP contribution in [0.25, 0.3) is 0 Å². The third-order valence-corrected chi connectivity index (χ3v) is 6.79. The fourth-order valence-electron chi connectivity index (χ4n) is 3.84. The number of benzene rings is 3. The van der Waals surface area contributed by atoms with Gasteiger partial charge in [0.2, 0.25) is 0 Å². The zero-order valence-electron chi connectivity index (χ0n) is 20.2. The number of nitrogens with zero attached hydrogens (tertiary/aromatic N) is 3. The molecule has 1 amide bonds. The molecule has 0 saturated carbocycles. The molecule has 0 aliphatic heterocycles. The lowest BCUT2D eigenvalue weighted by molar-refractivity contribution is -0.757. The van der Waals surface area contributed by atoms with Gasteiger partial charge in [0.1, 0.15) is 12.4 Å². The van der Waals surface area contributed by atoms with E-state index in [0.717, 1.165) is 21.7 Å². The highest BCUT2D eigenvalue weighted by Crippen LogP contribution is 2.29. The summed E-state index contributed by atoms with van der Waals surface area (Å²) in [7, 11) is 0. The van der Waals surface area contributed by atoms with E-state index in [0.29, 0.717) is 30.3 Å². The molecule has 1 aromatic heterocycles. The largest absolute Gasteiger partial charge is 0.507 e. The van der Waals surface area contributed by atoms with Crippen LogP contribution in [0.2, 0.25) is 0 Å². The highest BCUT2D eigenvalue weighted by Gasteiger charge is 2.18. The molecule has 2 N–H and O–H groups in total. The maximum Gasteiger partial charge on any atom is 0.294 e. The van der Waals surface area contributed by atoms with Crippen LogP contribution in [0, 0.1) is 17.0 Å². The summed E-state index contributed by atoms with van der Waals surface area (Å²) in [6.45, 7) is 2.90. The second-order valence-electron chi connectivity index (χ2n) is 8.32. The standard InChI is InChI=1S/C27H26N4O5S/c1-19-25(14-15-36-31(34)35)37-27(28-19)29-26(33)23-16-22(12-13-24(23)32)30(17-20-8-4-2-5-9-20)18-21-10-6-3-7-11-21/h2-13,16,32H,14-15,17-18H2,1H3,(H,28,29,33). The molecule has 0 atom stereocenters. The maximum atomic E-state index is 13.1. The maximum absolute atomic E-state index is 13.1. The van der Waals surface area contributed by atoms with E-state index in [1.165, 1.54) is 17.4 Å². The van der Waals surface area contributed by atoms with Crippen LogP contribution >= 0.6 is 11.3 Å². The third-order valence-electron chi connectivity index (χ3n) is 5.66. The average molecular weight is 519 g/mol. The molecule has 4 aromatic rings. The van der Waals surface area contributed by atoms with Crippen LogP contribution in [0.4, 0.5) is 10.8 Å². The molecular formula is C27H26N4O5S. The van der Waals surface area contributed by atoms with Crippen LogP contribution in [0.15, 0.2) is 78.9 Å². The molecule has 0 aliphatic rings. The van der Waals surface area contributed by atoms with Crippen LogP contribution in [-0.4, -0.2) is 27.7 Å². The number of carbonyl (C=O) groups excluding carboxylic acids is 1. The number of nitrogens with one attached hydrogen (secondary N) is 1. The first kappa shape index (κ1) is 25.6. The van der Waals surface area contributed by atoms with Crippen molar-refractivity contribution in [2.45, 2.75) is 26.4 Å². The van der Waals surface area contributed by atoms with Crippen LogP contribution in [0.1, 0.15) is 32.1 Å². The Kier molecular flexibility index (Phi) is 8.32. The van der Waals surface area contributed by atoms with Gasteiger partial charge in [0, 0.05) is 30.1 Å². The van der Waals surface area contributed by atoms with Gasteiger partial charge in [-0.25, -0.2) is 4.98 Å². The Morgan fingerprint density at radius 2 is 1.68 bits per heavy atom. The van der Waals surface area contributed by atoms with E-state index in [4.69, 9.17) is 0 Å². The molecule has 37 heavy (non-hydrogen) atoms. The summed E-state index contributed by atoms with van der Waals surface area (Å²) in [6.07, 6.45) is 0.301. The first-order valence-electron chi connectivity index (χ1n) is 11.6. The number of thiazole rings is 1. The number of rotatable bonds is 11. The fourth-order valence-corrected chi connectivity index (χ4v) is 4.78. The molecule has 0 fully saturated rings. The van der Waals surface area contributed by atoms with Crippen molar-refractivity contribution in [3.63, 3.8) is 0 Å². The Hall–Kier alpha value is -4.44. The lowest BCUT2D eigenvalue weighted by Crippen LogP contribution is -2.23. The molecule has 190 valence electrons. The summed E-state index contributed by atoms with van der Waals surface area (Å²) >= 11 is 1.22. The second kappa shape index (κ2) is 12.0. The number of anilines is 2. The van der Waals surface area contributed by atoms with Crippen LogP contribution < -0.4 is 10.2 Å². The quantitative estimate of drug-likeness (QED) is 0.202. The van der Waals surface area contributed by atoms with Crippen molar-refractivity contribution >= 4 is 28.1 Å². The van der Waals surface area contributed by atoms with Crippen molar-refractivity contribution in [3.8, 4) is 5.75 Å². The summed E-state index contributed by atoms with van der Waals surface area (Å²) in [5, 5.41) is 23.1. The minimum Gasteiger partial charge on any atom is -0.507 e. The number of phenols is 1. The molecule has 0 spiro atoms. The SMILES string of the molecule is Cc1nc(NC(=O)c2cc(N(Cc3ccccc3)Cc3ccccc3)ccc2O)sc1CCO[N+](=O)[O-]. The first-order valence-corrected chi connectivity index (χ1v) is 12.4. The van der Waals surface area contributed by atoms with Crippen molar-refractivity contribution in [1.29, 1.82) is 0 Å². The molecule has 4 rings (SSSR count). The molecule has 0 unspecified atom stereocenters. The number of aryl methyl sites for hydroxylation is 1. The first-order chi connectivity index (χ1) is 17.9. The smallest absolute Gasteiger partial charge is 0.294 e. The second-order valence-corrected chi connectivity index (χ2v) is 9.40. The van der Waals surface area contributed by atoms with Gasteiger partial charge in [-0.15, -0.1) is 21.5 Å². The number of phenolic OH excluding ortho intramolecular Hbond substituents is 1. The van der Waals surface area contributed by atoms with Crippen molar-refractivity contribution in [2.24, 2.45) is 0 Å². The lowest BCUT2D eigenvalue weighted by Gasteiger charge is -2.26. The number of amides is 1. The molecule has 10 heteroatoms. The molecular weight excluding hydrogens is 492 g/mol. The van der Waals surface area contributed by atoms with Crippen molar-refractivity contribution < 1.29 is 19.8 Å². The summed E-state index contributed by atoms with van der Waals surface area (Å²) in [5.41, 5.74) is 3.79. The zero-order valence-corrected chi connectivity index (χ0v) is 21.0. The Labute approximate surface area is 218 Å². The molecule has 0 saturated heterocycles. The van der Waals surface area contributed by atoms with Gasteiger partial charge in [-0.2, -0.15) is 0 Å². The lowest BCUT2D eigenvalue weighted by atomic mass is 10.1. The minimum atomic E-state index is -0.840. The third kappa shape index (κ3) is 7.05. The number of carbonyl (C=O) groups is 1. The Morgan fingerprint density at radius 1 is 1.05 bits per heavy atom. The van der Waals surface area contributed by atoms with Gasteiger partial charge < -0.3 is 14.8 Å². The molecule has 1 heterocycles. The molecule has 0 radical (unpaired) electrons. The highest BCUT2D eigenvalue weighted by molar-refractivity contribution is 7.15. The van der Waals surface area contributed by atoms with E-state index in [2.05, 4.69) is 20.0 Å². The number of aromatic nitrogens is 1. The normalized spacial score (nSPS) is 10.6. The molecule has 0 aliphatic carbocycles. The molecule has 3 aromatic carbocycles. The van der Waals surface area contributed by atoms with E-state index in [-0.39, 0.29) is 17.9 Å². The summed E-state index contributed by atoms with van der Waals surface area (Å²) < 4.78 is 0. The molecule has 9 nitrogen and oxygen atoms in total. The monoisotopic (exact) mass is 518 g/mol. The zero-order chi connectivity index (χ0) is 26.2. The van der Waals surface area contributed by atoms with Crippen molar-refractivity contribution in [1.82, 2.24) is 4.98 Å². The van der Waals surface area contributed by atoms with Crippen molar-refractivity contribution in [2.75, 3.05) is 16.8 Å². The van der Waals surface area contributed by atoms with Crippen LogP contribution in [0.5, 0.6) is 5.75 Å².